The average molecular weight is 466 g/mol. The third-order valence-corrected chi connectivity index (χ3v) is 11.8. The van der Waals surface area contributed by atoms with Crippen molar-refractivity contribution in [2.75, 3.05) is 0 Å². The van der Waals surface area contributed by atoms with E-state index in [1.807, 2.05) is 6.07 Å². The van der Waals surface area contributed by atoms with Crippen molar-refractivity contribution in [1.82, 2.24) is 5.32 Å². The topological polar surface area (TPSA) is 29.1 Å². The molecule has 2 aromatic carbocycles. The fourth-order valence-electron chi connectivity index (χ4n) is 4.95. The number of aryl methyl sites for hydroxylation is 1. The van der Waals surface area contributed by atoms with E-state index < -0.39 is 8.07 Å². The molecule has 2 atom stereocenters. The number of amides is 1. The van der Waals surface area contributed by atoms with Gasteiger partial charge in [-0.1, -0.05) is 132 Å². The summed E-state index contributed by atoms with van der Waals surface area (Å²) >= 11 is 0. The van der Waals surface area contributed by atoms with Gasteiger partial charge in [0.2, 0.25) is 5.91 Å². The van der Waals surface area contributed by atoms with Gasteiger partial charge in [-0.2, -0.15) is 0 Å². The summed E-state index contributed by atoms with van der Waals surface area (Å²) in [6, 6.07) is 20.2. The first-order chi connectivity index (χ1) is 15.9. The Morgan fingerprint density at radius 3 is 2.21 bits per heavy atom. The summed E-state index contributed by atoms with van der Waals surface area (Å²) in [6.07, 6.45) is 10.9. The van der Waals surface area contributed by atoms with Crippen LogP contribution in [0, 0.1) is 6.92 Å². The molecule has 0 saturated carbocycles. The van der Waals surface area contributed by atoms with Gasteiger partial charge >= 0.3 is 0 Å². The van der Waals surface area contributed by atoms with Crippen molar-refractivity contribution >= 4 is 14.0 Å². The normalized spacial score (nSPS) is 13.5. The number of benzene rings is 2. The number of carbonyl (C=O) groups excluding carboxylic acids is 1. The Kier molecular flexibility index (Phi) is 11.9. The molecule has 3 heteroatoms. The molecule has 2 rings (SSSR count). The Bertz CT molecular complexity index is 800. The van der Waals surface area contributed by atoms with Crippen LogP contribution in [0.5, 0.6) is 0 Å². The lowest BCUT2D eigenvalue weighted by Crippen LogP contribution is -2.36. The summed E-state index contributed by atoms with van der Waals surface area (Å²) in [5.74, 6) is 0.204. The molecule has 0 saturated heterocycles. The Morgan fingerprint density at radius 2 is 1.58 bits per heavy atom. The minimum atomic E-state index is -1.44. The van der Waals surface area contributed by atoms with E-state index in [1.165, 1.54) is 61.6 Å². The third kappa shape index (κ3) is 9.88. The second kappa shape index (κ2) is 14.4. The van der Waals surface area contributed by atoms with E-state index >= 15 is 0 Å². The second-order valence-electron chi connectivity index (χ2n) is 10.5. The standard InChI is InChI=1S/C30H47NOSi/c1-6-8-9-10-14-17-28(7-2)33(4,5)23-22-30(32)31-29(24-26-15-12-11-13-16-26)27-20-18-25(3)19-21-27/h11-13,15-16,18-21,28-29H,6-10,14,17,22-24H2,1-5H3,(H,31,32). The zero-order valence-corrected chi connectivity index (χ0v) is 22.8. The number of unbranched alkanes of at least 4 members (excludes halogenated alkanes) is 4. The van der Waals surface area contributed by atoms with E-state index in [4.69, 9.17) is 0 Å². The Hall–Kier alpha value is -1.87. The molecule has 0 aromatic heterocycles. The van der Waals surface area contributed by atoms with E-state index in [-0.39, 0.29) is 11.9 Å². The molecule has 0 aliphatic rings. The molecule has 0 heterocycles. The van der Waals surface area contributed by atoms with E-state index in [1.54, 1.807) is 0 Å². The number of carbonyl (C=O) groups is 1. The first-order valence-corrected chi connectivity index (χ1v) is 16.5. The summed E-state index contributed by atoms with van der Waals surface area (Å²) in [5, 5.41) is 3.38. The van der Waals surface area contributed by atoms with Gasteiger partial charge in [0.15, 0.2) is 0 Å². The van der Waals surface area contributed by atoms with Crippen molar-refractivity contribution in [3.8, 4) is 0 Å². The van der Waals surface area contributed by atoms with Crippen molar-refractivity contribution in [2.45, 2.75) is 109 Å². The van der Waals surface area contributed by atoms with Gasteiger partial charge in [0.05, 0.1) is 14.1 Å². The van der Waals surface area contributed by atoms with E-state index in [2.05, 4.69) is 87.7 Å². The van der Waals surface area contributed by atoms with Gasteiger partial charge in [-0.05, 0) is 36.1 Å². The van der Waals surface area contributed by atoms with E-state index in [0.29, 0.717) is 6.42 Å². The first kappa shape index (κ1) is 27.4. The Morgan fingerprint density at radius 1 is 0.909 bits per heavy atom. The van der Waals surface area contributed by atoms with Crippen LogP contribution in [-0.4, -0.2) is 14.0 Å². The summed E-state index contributed by atoms with van der Waals surface area (Å²) in [7, 11) is -1.44. The lowest BCUT2D eigenvalue weighted by molar-refractivity contribution is -0.121. The highest BCUT2D eigenvalue weighted by molar-refractivity contribution is 6.79. The largest absolute Gasteiger partial charge is 0.349 e. The number of hydrogen-bond acceptors (Lipinski definition) is 1. The van der Waals surface area contributed by atoms with Gasteiger partial charge in [-0.25, -0.2) is 0 Å². The molecule has 2 nitrogen and oxygen atoms in total. The highest BCUT2D eigenvalue weighted by Gasteiger charge is 2.30. The summed E-state index contributed by atoms with van der Waals surface area (Å²) in [4.78, 5) is 13.1. The zero-order valence-electron chi connectivity index (χ0n) is 21.8. The van der Waals surface area contributed by atoms with Crippen molar-refractivity contribution in [3.63, 3.8) is 0 Å². The monoisotopic (exact) mass is 465 g/mol. The molecule has 1 amide bonds. The Labute approximate surface area is 204 Å². The number of nitrogens with one attached hydrogen (secondary N) is 1. The minimum Gasteiger partial charge on any atom is -0.349 e. The molecule has 0 fully saturated rings. The highest BCUT2D eigenvalue weighted by atomic mass is 28.3. The fraction of sp³-hybridized carbons (Fsp3) is 0.567. The highest BCUT2D eigenvalue weighted by Crippen LogP contribution is 2.35. The lowest BCUT2D eigenvalue weighted by Gasteiger charge is -2.32. The van der Waals surface area contributed by atoms with Gasteiger partial charge < -0.3 is 5.32 Å². The van der Waals surface area contributed by atoms with Gasteiger partial charge in [-0.3, -0.25) is 4.79 Å². The molecular formula is C30H47NOSi. The second-order valence-corrected chi connectivity index (χ2v) is 15.8. The van der Waals surface area contributed by atoms with Crippen LogP contribution in [0.1, 0.15) is 87.9 Å². The van der Waals surface area contributed by atoms with Crippen LogP contribution < -0.4 is 5.32 Å². The van der Waals surface area contributed by atoms with Crippen LogP contribution >= 0.6 is 0 Å². The number of rotatable bonds is 15. The maximum absolute atomic E-state index is 13.1. The van der Waals surface area contributed by atoms with E-state index in [0.717, 1.165) is 18.0 Å². The van der Waals surface area contributed by atoms with Gasteiger partial charge in [0.25, 0.3) is 0 Å². The maximum atomic E-state index is 13.1. The molecular weight excluding hydrogens is 418 g/mol. The Balaban J connectivity index is 1.95. The predicted octanol–water partition coefficient (Wildman–Crippen LogP) is 8.63. The smallest absolute Gasteiger partial charge is 0.220 e. The molecule has 0 spiro atoms. The zero-order chi connectivity index (χ0) is 24.1. The third-order valence-electron chi connectivity index (χ3n) is 7.35. The molecule has 0 aliphatic carbocycles. The van der Waals surface area contributed by atoms with Crippen LogP contribution in [0.3, 0.4) is 0 Å². The lowest BCUT2D eigenvalue weighted by atomic mass is 9.98. The quantitative estimate of drug-likeness (QED) is 0.207. The van der Waals surface area contributed by atoms with Crippen LogP contribution in [-0.2, 0) is 11.2 Å². The molecule has 0 bridgehead atoms. The van der Waals surface area contributed by atoms with E-state index in [9.17, 15) is 4.79 Å². The SMILES string of the molecule is CCCCCCCC(CC)[Si](C)(C)CCC(=O)NC(Cc1ccccc1)c1ccc(C)cc1. The molecule has 33 heavy (non-hydrogen) atoms. The van der Waals surface area contributed by atoms with Gasteiger partial charge in [0.1, 0.15) is 0 Å². The van der Waals surface area contributed by atoms with Crippen molar-refractivity contribution in [2.24, 2.45) is 0 Å². The molecule has 2 unspecified atom stereocenters. The van der Waals surface area contributed by atoms with Crippen molar-refractivity contribution in [3.05, 3.63) is 71.3 Å². The molecule has 182 valence electrons. The summed E-state index contributed by atoms with van der Waals surface area (Å²) in [5.41, 5.74) is 4.51. The van der Waals surface area contributed by atoms with Crippen LogP contribution in [0.4, 0.5) is 0 Å². The van der Waals surface area contributed by atoms with Crippen LogP contribution in [0.25, 0.3) is 0 Å². The summed E-state index contributed by atoms with van der Waals surface area (Å²) in [6.45, 7) is 11.7. The predicted molar refractivity (Wildman–Crippen MR) is 147 cm³/mol. The summed E-state index contributed by atoms with van der Waals surface area (Å²) < 4.78 is 0. The maximum Gasteiger partial charge on any atom is 0.220 e. The minimum absolute atomic E-state index is 0.0193. The first-order valence-electron chi connectivity index (χ1n) is 13.3. The van der Waals surface area contributed by atoms with Gasteiger partial charge in [-0.15, -0.1) is 0 Å². The molecule has 1 N–H and O–H groups in total. The fourth-order valence-corrected chi connectivity index (χ4v) is 8.32. The van der Waals surface area contributed by atoms with Crippen molar-refractivity contribution in [1.29, 1.82) is 0 Å². The van der Waals surface area contributed by atoms with Gasteiger partial charge in [0, 0.05) is 6.42 Å². The van der Waals surface area contributed by atoms with Crippen LogP contribution in [0.15, 0.2) is 54.6 Å². The molecule has 0 radical (unpaired) electrons. The molecule has 2 aromatic rings. The van der Waals surface area contributed by atoms with Crippen molar-refractivity contribution < 1.29 is 4.79 Å². The molecule has 0 aliphatic heterocycles. The van der Waals surface area contributed by atoms with Crippen LogP contribution in [0.2, 0.25) is 24.7 Å². The average Bonchev–Trinajstić information content (AvgIpc) is 2.81. The number of hydrogen-bond donors (Lipinski definition) is 1.